The zero-order valence-corrected chi connectivity index (χ0v) is 11.6. The van der Waals surface area contributed by atoms with Crippen LogP contribution >= 0.6 is 0 Å². The van der Waals surface area contributed by atoms with Crippen LogP contribution in [0, 0.1) is 11.3 Å². The molecule has 2 rings (SSSR count). The highest BCUT2D eigenvalue weighted by Crippen LogP contribution is 2.29. The molecule has 0 saturated carbocycles. The Balaban J connectivity index is 2.35. The van der Waals surface area contributed by atoms with Crippen LogP contribution in [0.15, 0.2) is 18.2 Å². The Labute approximate surface area is 115 Å². The third-order valence-corrected chi connectivity index (χ3v) is 4.02. The van der Waals surface area contributed by atoms with Gasteiger partial charge < -0.3 is 10.0 Å². The Hall–Kier alpha value is -1.53. The SMILES string of the molecule is CCC1CCCCCN1c1ccc(CO)cc1C#N. The lowest BCUT2D eigenvalue weighted by atomic mass is 10.0. The Morgan fingerprint density at radius 1 is 1.37 bits per heavy atom. The van der Waals surface area contributed by atoms with Crippen LogP contribution < -0.4 is 4.90 Å². The Bertz CT molecular complexity index is 464. The van der Waals surface area contributed by atoms with Gasteiger partial charge >= 0.3 is 0 Å². The fourth-order valence-corrected chi connectivity index (χ4v) is 2.94. The lowest BCUT2D eigenvalue weighted by Gasteiger charge is -2.32. The van der Waals surface area contributed by atoms with E-state index in [1.165, 1.54) is 25.7 Å². The number of rotatable bonds is 3. The minimum absolute atomic E-state index is 0.00777. The highest BCUT2D eigenvalue weighted by atomic mass is 16.3. The number of nitrogens with zero attached hydrogens (tertiary/aromatic N) is 2. The molecule has 1 aromatic rings. The first kappa shape index (κ1) is 13.9. The van der Waals surface area contributed by atoms with Gasteiger partial charge in [0.05, 0.1) is 17.9 Å². The number of aliphatic hydroxyl groups is 1. The first-order valence-electron chi connectivity index (χ1n) is 7.20. The molecule has 0 spiro atoms. The van der Waals surface area contributed by atoms with E-state index in [9.17, 15) is 10.4 Å². The van der Waals surface area contributed by atoms with Crippen molar-refractivity contribution in [1.82, 2.24) is 0 Å². The lowest BCUT2D eigenvalue weighted by molar-refractivity contribution is 0.282. The van der Waals surface area contributed by atoms with Gasteiger partial charge in [0.15, 0.2) is 0 Å². The molecule has 1 fully saturated rings. The van der Waals surface area contributed by atoms with E-state index >= 15 is 0 Å². The molecule has 0 aliphatic carbocycles. The number of hydrogen-bond acceptors (Lipinski definition) is 3. The number of anilines is 1. The summed E-state index contributed by atoms with van der Waals surface area (Å²) in [4.78, 5) is 2.40. The van der Waals surface area contributed by atoms with Gasteiger partial charge in [-0.25, -0.2) is 0 Å². The lowest BCUT2D eigenvalue weighted by Crippen LogP contribution is -2.34. The van der Waals surface area contributed by atoms with Gasteiger partial charge in [0, 0.05) is 12.6 Å². The van der Waals surface area contributed by atoms with Crippen molar-refractivity contribution >= 4 is 5.69 Å². The highest BCUT2D eigenvalue weighted by Gasteiger charge is 2.21. The van der Waals surface area contributed by atoms with Crippen molar-refractivity contribution < 1.29 is 5.11 Å². The van der Waals surface area contributed by atoms with Gasteiger partial charge in [0.1, 0.15) is 6.07 Å². The summed E-state index contributed by atoms with van der Waals surface area (Å²) in [5.41, 5.74) is 2.53. The Kier molecular flexibility index (Phi) is 4.81. The molecule has 1 atom stereocenters. The third-order valence-electron chi connectivity index (χ3n) is 4.02. The molecule has 1 N–H and O–H groups in total. The van der Waals surface area contributed by atoms with Crippen LogP contribution in [0.25, 0.3) is 0 Å². The summed E-state index contributed by atoms with van der Waals surface area (Å²) >= 11 is 0. The maximum absolute atomic E-state index is 9.34. The van der Waals surface area contributed by atoms with E-state index in [2.05, 4.69) is 17.9 Å². The van der Waals surface area contributed by atoms with E-state index in [-0.39, 0.29) is 6.61 Å². The predicted molar refractivity (Wildman–Crippen MR) is 77.0 cm³/mol. The smallest absolute Gasteiger partial charge is 0.101 e. The van der Waals surface area contributed by atoms with Crippen LogP contribution in [-0.2, 0) is 6.61 Å². The zero-order chi connectivity index (χ0) is 13.7. The van der Waals surface area contributed by atoms with Crippen LogP contribution in [0.1, 0.15) is 50.2 Å². The van der Waals surface area contributed by atoms with Crippen molar-refractivity contribution in [1.29, 1.82) is 5.26 Å². The maximum Gasteiger partial charge on any atom is 0.101 e. The number of aliphatic hydroxyl groups excluding tert-OH is 1. The topological polar surface area (TPSA) is 47.3 Å². The van der Waals surface area contributed by atoms with Crippen molar-refractivity contribution in [2.24, 2.45) is 0 Å². The summed E-state index contributed by atoms with van der Waals surface area (Å²) < 4.78 is 0. The average Bonchev–Trinajstić information content (AvgIpc) is 2.71. The zero-order valence-electron chi connectivity index (χ0n) is 11.6. The predicted octanol–water partition coefficient (Wildman–Crippen LogP) is 3.21. The summed E-state index contributed by atoms with van der Waals surface area (Å²) in [6.45, 7) is 3.24. The molecule has 1 aromatic carbocycles. The minimum Gasteiger partial charge on any atom is -0.392 e. The molecule has 102 valence electrons. The van der Waals surface area contributed by atoms with Gasteiger partial charge in [-0.1, -0.05) is 25.8 Å². The molecule has 3 nitrogen and oxygen atoms in total. The molecule has 19 heavy (non-hydrogen) atoms. The number of hydrogen-bond donors (Lipinski definition) is 1. The van der Waals surface area contributed by atoms with Gasteiger partial charge in [0.25, 0.3) is 0 Å². The normalized spacial score (nSPS) is 19.8. The van der Waals surface area contributed by atoms with Crippen molar-refractivity contribution in [3.63, 3.8) is 0 Å². The molecular formula is C16H22N2O. The second-order valence-electron chi connectivity index (χ2n) is 5.23. The van der Waals surface area contributed by atoms with Crippen LogP contribution in [0.5, 0.6) is 0 Å². The van der Waals surface area contributed by atoms with Gasteiger partial charge in [0.2, 0.25) is 0 Å². The summed E-state index contributed by atoms with van der Waals surface area (Å²) in [6.07, 6.45) is 6.09. The van der Waals surface area contributed by atoms with Gasteiger partial charge in [-0.2, -0.15) is 5.26 Å². The van der Waals surface area contributed by atoms with Crippen LogP contribution in [0.4, 0.5) is 5.69 Å². The maximum atomic E-state index is 9.34. The summed E-state index contributed by atoms with van der Waals surface area (Å²) in [6, 6.07) is 8.55. The molecule has 1 saturated heterocycles. The molecular weight excluding hydrogens is 236 g/mol. The summed E-state index contributed by atoms with van der Waals surface area (Å²) in [7, 11) is 0. The molecule has 0 amide bonds. The molecule has 0 aromatic heterocycles. The first-order valence-corrected chi connectivity index (χ1v) is 7.20. The quantitative estimate of drug-likeness (QED) is 0.905. The van der Waals surface area contributed by atoms with Crippen LogP contribution in [0.3, 0.4) is 0 Å². The molecule has 1 aliphatic heterocycles. The highest BCUT2D eigenvalue weighted by molar-refractivity contribution is 5.61. The first-order chi connectivity index (χ1) is 9.30. The van der Waals surface area contributed by atoms with Crippen LogP contribution in [-0.4, -0.2) is 17.7 Å². The van der Waals surface area contributed by atoms with Crippen molar-refractivity contribution in [3.05, 3.63) is 29.3 Å². The second kappa shape index (κ2) is 6.58. The van der Waals surface area contributed by atoms with E-state index in [4.69, 9.17) is 0 Å². The fourth-order valence-electron chi connectivity index (χ4n) is 2.94. The molecule has 3 heteroatoms. The van der Waals surface area contributed by atoms with E-state index in [0.717, 1.165) is 24.2 Å². The van der Waals surface area contributed by atoms with Gasteiger partial charge in [-0.3, -0.25) is 0 Å². The summed E-state index contributed by atoms with van der Waals surface area (Å²) in [5.74, 6) is 0. The Morgan fingerprint density at radius 2 is 2.21 bits per heavy atom. The largest absolute Gasteiger partial charge is 0.392 e. The van der Waals surface area contributed by atoms with E-state index in [1.807, 2.05) is 18.2 Å². The molecule has 1 heterocycles. The minimum atomic E-state index is -0.00777. The van der Waals surface area contributed by atoms with Crippen LogP contribution in [0.2, 0.25) is 0 Å². The van der Waals surface area contributed by atoms with Crippen molar-refractivity contribution in [2.75, 3.05) is 11.4 Å². The fraction of sp³-hybridized carbons (Fsp3) is 0.562. The van der Waals surface area contributed by atoms with E-state index in [0.29, 0.717) is 11.6 Å². The van der Waals surface area contributed by atoms with Gasteiger partial charge in [-0.05, 0) is 37.0 Å². The molecule has 1 aliphatic rings. The third kappa shape index (κ3) is 3.08. The number of nitriles is 1. The van der Waals surface area contributed by atoms with Crippen molar-refractivity contribution in [2.45, 2.75) is 51.7 Å². The van der Waals surface area contributed by atoms with E-state index in [1.54, 1.807) is 0 Å². The monoisotopic (exact) mass is 258 g/mol. The second-order valence-corrected chi connectivity index (χ2v) is 5.23. The average molecular weight is 258 g/mol. The molecule has 0 bridgehead atoms. The number of benzene rings is 1. The Morgan fingerprint density at radius 3 is 2.89 bits per heavy atom. The standard InChI is InChI=1S/C16H22N2O/c1-2-15-6-4-3-5-9-18(15)16-8-7-13(12-19)10-14(16)11-17/h7-8,10,15,19H,2-6,9,12H2,1H3. The molecule has 1 unspecified atom stereocenters. The van der Waals surface area contributed by atoms with E-state index < -0.39 is 0 Å². The molecule has 0 radical (unpaired) electrons. The van der Waals surface area contributed by atoms with Gasteiger partial charge in [-0.15, -0.1) is 0 Å². The van der Waals surface area contributed by atoms with Crippen molar-refractivity contribution in [3.8, 4) is 6.07 Å². The summed E-state index contributed by atoms with van der Waals surface area (Å²) in [5, 5.41) is 18.5.